The Morgan fingerprint density at radius 1 is 1.35 bits per heavy atom. The average Bonchev–Trinajstić information content (AvgIpc) is 2.48. The van der Waals surface area contributed by atoms with Crippen LogP contribution in [0.3, 0.4) is 0 Å². The Morgan fingerprint density at radius 3 is 2.75 bits per heavy atom. The summed E-state index contributed by atoms with van der Waals surface area (Å²) in [7, 11) is 1.89. The number of halogens is 1. The maximum absolute atomic E-state index is 12.6. The first-order chi connectivity index (χ1) is 9.63. The molecule has 0 heterocycles. The highest BCUT2D eigenvalue weighted by atomic mass is 79.9. The number of nitrogens with zero attached hydrogens (tertiary/aromatic N) is 1. The van der Waals surface area contributed by atoms with Gasteiger partial charge >= 0.3 is 0 Å². The monoisotopic (exact) mass is 338 g/mol. The van der Waals surface area contributed by atoms with E-state index in [-0.39, 0.29) is 11.8 Å². The molecule has 0 aliphatic heterocycles. The Balaban J connectivity index is 2.03. The van der Waals surface area contributed by atoms with E-state index in [0.29, 0.717) is 19.0 Å². The zero-order valence-electron chi connectivity index (χ0n) is 12.0. The molecule has 0 bridgehead atoms. The Bertz CT molecular complexity index is 464. The van der Waals surface area contributed by atoms with Gasteiger partial charge in [0.2, 0.25) is 5.91 Å². The number of rotatable bonds is 4. The maximum atomic E-state index is 12.6. The summed E-state index contributed by atoms with van der Waals surface area (Å²) in [6.45, 7) is 1.27. The fourth-order valence-electron chi connectivity index (χ4n) is 3.06. The van der Waals surface area contributed by atoms with E-state index in [9.17, 15) is 4.79 Å². The lowest BCUT2D eigenvalue weighted by Crippen LogP contribution is -2.40. The molecule has 3 nitrogen and oxygen atoms in total. The molecule has 1 aromatic carbocycles. The van der Waals surface area contributed by atoms with Gasteiger partial charge < -0.3 is 10.6 Å². The smallest absolute Gasteiger partial charge is 0.226 e. The van der Waals surface area contributed by atoms with Gasteiger partial charge in [-0.05, 0) is 36.9 Å². The van der Waals surface area contributed by atoms with Gasteiger partial charge in [-0.15, -0.1) is 0 Å². The molecule has 4 heteroatoms. The predicted octanol–water partition coefficient (Wildman–Crippen LogP) is 3.17. The molecule has 110 valence electrons. The van der Waals surface area contributed by atoms with E-state index in [4.69, 9.17) is 5.73 Å². The largest absolute Gasteiger partial charge is 0.341 e. The summed E-state index contributed by atoms with van der Waals surface area (Å²) >= 11 is 3.54. The second-order valence-electron chi connectivity index (χ2n) is 5.67. The summed E-state index contributed by atoms with van der Waals surface area (Å²) in [6.07, 6.45) is 4.44. The number of carbonyl (C=O) groups excluding carboxylic acids is 1. The van der Waals surface area contributed by atoms with Crippen molar-refractivity contribution in [1.82, 2.24) is 4.90 Å². The summed E-state index contributed by atoms with van der Waals surface area (Å²) in [6, 6.07) is 8.05. The van der Waals surface area contributed by atoms with Crippen LogP contribution in [0.15, 0.2) is 28.7 Å². The number of hydrogen-bond acceptors (Lipinski definition) is 2. The summed E-state index contributed by atoms with van der Waals surface area (Å²) < 4.78 is 1.05. The van der Waals surface area contributed by atoms with Crippen molar-refractivity contribution >= 4 is 21.8 Å². The topological polar surface area (TPSA) is 46.3 Å². The molecular formula is C16H23BrN2O. The molecule has 20 heavy (non-hydrogen) atoms. The van der Waals surface area contributed by atoms with Crippen LogP contribution in [0.1, 0.15) is 31.2 Å². The summed E-state index contributed by atoms with van der Waals surface area (Å²) in [5.41, 5.74) is 6.97. The second kappa shape index (κ2) is 7.23. The fourth-order valence-corrected chi connectivity index (χ4v) is 3.47. The lowest BCUT2D eigenvalue weighted by Gasteiger charge is -2.32. The third-order valence-corrected chi connectivity index (χ3v) is 5.04. The number of carbonyl (C=O) groups is 1. The lowest BCUT2D eigenvalue weighted by molar-refractivity contribution is -0.137. The van der Waals surface area contributed by atoms with Gasteiger partial charge in [0.05, 0.1) is 0 Å². The minimum Gasteiger partial charge on any atom is -0.341 e. The lowest BCUT2D eigenvalue weighted by atomic mass is 9.78. The van der Waals surface area contributed by atoms with E-state index < -0.39 is 0 Å². The van der Waals surface area contributed by atoms with Crippen LogP contribution in [-0.2, 0) is 11.3 Å². The van der Waals surface area contributed by atoms with E-state index in [0.717, 1.165) is 29.3 Å². The van der Waals surface area contributed by atoms with Crippen LogP contribution in [0.2, 0.25) is 0 Å². The molecule has 2 N–H and O–H groups in total. The summed E-state index contributed by atoms with van der Waals surface area (Å²) in [5, 5.41) is 0. The van der Waals surface area contributed by atoms with Gasteiger partial charge in [-0.3, -0.25) is 4.79 Å². The van der Waals surface area contributed by atoms with Crippen molar-refractivity contribution in [2.45, 2.75) is 32.2 Å². The normalized spacial score (nSPS) is 22.6. The zero-order chi connectivity index (χ0) is 14.5. The van der Waals surface area contributed by atoms with E-state index in [1.165, 1.54) is 6.42 Å². The Labute approximate surface area is 129 Å². The van der Waals surface area contributed by atoms with Crippen molar-refractivity contribution in [1.29, 1.82) is 0 Å². The minimum absolute atomic E-state index is 0.112. The molecule has 0 spiro atoms. The highest BCUT2D eigenvalue weighted by Crippen LogP contribution is 2.31. The molecule has 1 saturated carbocycles. The molecule has 2 rings (SSSR count). The van der Waals surface area contributed by atoms with E-state index >= 15 is 0 Å². The Hall–Kier alpha value is -0.870. The third-order valence-electron chi connectivity index (χ3n) is 4.27. The molecule has 0 saturated heterocycles. The van der Waals surface area contributed by atoms with Crippen molar-refractivity contribution in [3.8, 4) is 0 Å². The number of hydrogen-bond donors (Lipinski definition) is 1. The van der Waals surface area contributed by atoms with Gasteiger partial charge in [0.25, 0.3) is 0 Å². The van der Waals surface area contributed by atoms with E-state index in [1.54, 1.807) is 0 Å². The summed E-state index contributed by atoms with van der Waals surface area (Å²) in [4.78, 5) is 14.5. The number of nitrogens with two attached hydrogens (primary N) is 1. The van der Waals surface area contributed by atoms with Gasteiger partial charge in [0.15, 0.2) is 0 Å². The van der Waals surface area contributed by atoms with Crippen LogP contribution in [0, 0.1) is 11.8 Å². The molecule has 0 radical (unpaired) electrons. The number of amides is 1. The third kappa shape index (κ3) is 3.61. The summed E-state index contributed by atoms with van der Waals surface area (Å²) in [5.74, 6) is 0.718. The van der Waals surface area contributed by atoms with Crippen molar-refractivity contribution in [2.24, 2.45) is 17.6 Å². The standard InChI is InChI=1S/C16H23BrN2O/c1-19(11-13-7-3-5-9-15(13)17)16(20)14-8-4-2-6-12(14)10-18/h3,5,7,9,12,14H,2,4,6,8,10-11,18H2,1H3. The van der Waals surface area contributed by atoms with Gasteiger partial charge in [-0.2, -0.15) is 0 Å². The maximum Gasteiger partial charge on any atom is 0.226 e. The van der Waals surface area contributed by atoms with E-state index in [1.807, 2.05) is 30.1 Å². The first-order valence-electron chi connectivity index (χ1n) is 7.32. The van der Waals surface area contributed by atoms with Crippen molar-refractivity contribution in [3.63, 3.8) is 0 Å². The van der Waals surface area contributed by atoms with Gasteiger partial charge in [-0.25, -0.2) is 0 Å². The average molecular weight is 339 g/mol. The van der Waals surface area contributed by atoms with Gasteiger partial charge in [-0.1, -0.05) is 47.0 Å². The predicted molar refractivity (Wildman–Crippen MR) is 85.1 cm³/mol. The molecule has 1 aliphatic carbocycles. The van der Waals surface area contributed by atoms with Crippen LogP contribution in [0.5, 0.6) is 0 Å². The van der Waals surface area contributed by atoms with Gasteiger partial charge in [0, 0.05) is 24.0 Å². The van der Waals surface area contributed by atoms with Crippen LogP contribution in [-0.4, -0.2) is 24.4 Å². The van der Waals surface area contributed by atoms with Crippen LogP contribution in [0.4, 0.5) is 0 Å². The Morgan fingerprint density at radius 2 is 2.05 bits per heavy atom. The van der Waals surface area contributed by atoms with E-state index in [2.05, 4.69) is 22.0 Å². The highest BCUT2D eigenvalue weighted by molar-refractivity contribution is 9.10. The van der Waals surface area contributed by atoms with Crippen LogP contribution >= 0.6 is 15.9 Å². The quantitative estimate of drug-likeness (QED) is 0.916. The van der Waals surface area contributed by atoms with Crippen molar-refractivity contribution < 1.29 is 4.79 Å². The SMILES string of the molecule is CN(Cc1ccccc1Br)C(=O)C1CCCCC1CN. The van der Waals surface area contributed by atoms with Gasteiger partial charge in [0.1, 0.15) is 0 Å². The highest BCUT2D eigenvalue weighted by Gasteiger charge is 2.31. The van der Waals surface area contributed by atoms with Crippen LogP contribution in [0.25, 0.3) is 0 Å². The minimum atomic E-state index is 0.112. The molecule has 1 aromatic rings. The molecule has 0 aromatic heterocycles. The molecule has 1 amide bonds. The molecular weight excluding hydrogens is 316 g/mol. The van der Waals surface area contributed by atoms with Crippen LogP contribution < -0.4 is 5.73 Å². The molecule has 2 atom stereocenters. The van der Waals surface area contributed by atoms with Crippen molar-refractivity contribution in [3.05, 3.63) is 34.3 Å². The molecule has 2 unspecified atom stereocenters. The molecule has 1 fully saturated rings. The first-order valence-corrected chi connectivity index (χ1v) is 8.11. The molecule has 1 aliphatic rings. The zero-order valence-corrected chi connectivity index (χ0v) is 13.6. The Kier molecular flexibility index (Phi) is 5.61. The fraction of sp³-hybridized carbons (Fsp3) is 0.562. The number of benzene rings is 1. The van der Waals surface area contributed by atoms with Crippen molar-refractivity contribution in [2.75, 3.05) is 13.6 Å². The first kappa shape index (κ1) is 15.5. The second-order valence-corrected chi connectivity index (χ2v) is 6.53.